The van der Waals surface area contributed by atoms with Crippen molar-refractivity contribution in [1.82, 2.24) is 15.5 Å². The fourth-order valence-corrected chi connectivity index (χ4v) is 6.71. The van der Waals surface area contributed by atoms with Gasteiger partial charge >= 0.3 is 18.3 Å². The molecular formula is C38H39N3O6. The van der Waals surface area contributed by atoms with Crippen molar-refractivity contribution in [1.29, 1.82) is 0 Å². The maximum absolute atomic E-state index is 13.4. The topological polar surface area (TPSA) is 117 Å². The highest BCUT2D eigenvalue weighted by atomic mass is 16.6. The van der Waals surface area contributed by atoms with Crippen LogP contribution in [0.1, 0.15) is 53.4 Å². The van der Waals surface area contributed by atoms with Gasteiger partial charge in [-0.2, -0.15) is 0 Å². The molecule has 0 heterocycles. The summed E-state index contributed by atoms with van der Waals surface area (Å²) in [6, 6.07) is 32.8. The van der Waals surface area contributed by atoms with Crippen LogP contribution >= 0.6 is 0 Å². The molecule has 0 aromatic heterocycles. The molecule has 0 unspecified atom stereocenters. The Hall–Kier alpha value is -5.31. The SMILES string of the molecule is O=C(O)NCCCCN(CCCNC(=O)OCC1c2ccccc2-c2ccccc21)C(=O)OCC1c2ccccc2-c2ccccc21. The summed E-state index contributed by atoms with van der Waals surface area (Å²) in [6.07, 6.45) is -0.319. The van der Waals surface area contributed by atoms with Crippen molar-refractivity contribution in [3.8, 4) is 22.3 Å². The van der Waals surface area contributed by atoms with Crippen LogP contribution in [-0.2, 0) is 9.47 Å². The molecule has 0 spiro atoms. The van der Waals surface area contributed by atoms with E-state index in [1.807, 2.05) is 48.5 Å². The third-order valence-corrected chi connectivity index (χ3v) is 8.94. The number of rotatable bonds is 13. The second-order valence-electron chi connectivity index (χ2n) is 11.8. The van der Waals surface area contributed by atoms with E-state index in [0.717, 1.165) is 33.4 Å². The van der Waals surface area contributed by atoms with Crippen LogP contribution in [-0.4, -0.2) is 67.7 Å². The summed E-state index contributed by atoms with van der Waals surface area (Å²) in [4.78, 5) is 38.5. The van der Waals surface area contributed by atoms with Gasteiger partial charge in [0.1, 0.15) is 13.2 Å². The Balaban J connectivity index is 1.01. The van der Waals surface area contributed by atoms with Crippen LogP contribution in [0.25, 0.3) is 22.3 Å². The van der Waals surface area contributed by atoms with Crippen molar-refractivity contribution in [2.75, 3.05) is 39.4 Å². The average Bonchev–Trinajstić information content (AvgIpc) is 3.59. The Labute approximate surface area is 274 Å². The number of unbranched alkanes of at least 4 members (excludes halogenated alkanes) is 1. The molecule has 0 radical (unpaired) electrons. The molecule has 9 heteroatoms. The molecule has 4 aromatic carbocycles. The highest BCUT2D eigenvalue weighted by Crippen LogP contribution is 2.45. The van der Waals surface area contributed by atoms with Gasteiger partial charge in [-0.3, -0.25) is 0 Å². The van der Waals surface area contributed by atoms with E-state index in [4.69, 9.17) is 14.6 Å². The van der Waals surface area contributed by atoms with Gasteiger partial charge < -0.3 is 30.1 Å². The Kier molecular flexibility index (Phi) is 10.0. The van der Waals surface area contributed by atoms with E-state index in [2.05, 4.69) is 59.2 Å². The summed E-state index contributed by atoms with van der Waals surface area (Å²) in [5.41, 5.74) is 9.24. The van der Waals surface area contributed by atoms with Crippen molar-refractivity contribution in [2.45, 2.75) is 31.1 Å². The van der Waals surface area contributed by atoms with Crippen molar-refractivity contribution < 1.29 is 29.0 Å². The molecule has 0 bridgehead atoms. The van der Waals surface area contributed by atoms with Crippen LogP contribution in [0.2, 0.25) is 0 Å². The number of hydrogen-bond acceptors (Lipinski definition) is 5. The third kappa shape index (κ3) is 7.25. The van der Waals surface area contributed by atoms with Crippen LogP contribution in [0.15, 0.2) is 97.1 Å². The third-order valence-electron chi connectivity index (χ3n) is 8.94. The van der Waals surface area contributed by atoms with Crippen LogP contribution in [0.3, 0.4) is 0 Å². The summed E-state index contributed by atoms with van der Waals surface area (Å²) in [6.45, 7) is 1.84. The van der Waals surface area contributed by atoms with Crippen LogP contribution in [0.5, 0.6) is 0 Å². The van der Waals surface area contributed by atoms with Crippen molar-refractivity contribution in [3.63, 3.8) is 0 Å². The first-order valence-corrected chi connectivity index (χ1v) is 16.2. The molecule has 0 saturated heterocycles. The van der Waals surface area contributed by atoms with Crippen LogP contribution in [0, 0.1) is 0 Å². The van der Waals surface area contributed by atoms with E-state index in [-0.39, 0.29) is 25.0 Å². The minimum atomic E-state index is -1.07. The van der Waals surface area contributed by atoms with E-state index < -0.39 is 18.3 Å². The lowest BCUT2D eigenvalue weighted by Gasteiger charge is -2.24. The fourth-order valence-electron chi connectivity index (χ4n) is 6.71. The predicted octanol–water partition coefficient (Wildman–Crippen LogP) is 7.21. The molecule has 0 aliphatic heterocycles. The number of alkyl carbamates (subject to hydrolysis) is 1. The normalized spacial score (nSPS) is 12.8. The Morgan fingerprint density at radius 3 is 1.49 bits per heavy atom. The zero-order chi connectivity index (χ0) is 32.6. The first-order valence-electron chi connectivity index (χ1n) is 16.2. The minimum Gasteiger partial charge on any atom is -0.465 e. The molecular weight excluding hydrogens is 594 g/mol. The van der Waals surface area contributed by atoms with Crippen LogP contribution in [0.4, 0.5) is 14.4 Å². The maximum atomic E-state index is 13.4. The average molecular weight is 634 g/mol. The molecule has 3 amide bonds. The molecule has 9 nitrogen and oxygen atoms in total. The maximum Gasteiger partial charge on any atom is 0.409 e. The fraction of sp³-hybridized carbons (Fsp3) is 0.289. The summed E-state index contributed by atoms with van der Waals surface area (Å²) in [7, 11) is 0. The molecule has 0 atom stereocenters. The summed E-state index contributed by atoms with van der Waals surface area (Å²) < 4.78 is 11.5. The number of fused-ring (bicyclic) bond motifs is 6. The smallest absolute Gasteiger partial charge is 0.409 e. The lowest BCUT2D eigenvalue weighted by Crippen LogP contribution is -2.36. The predicted molar refractivity (Wildman–Crippen MR) is 180 cm³/mol. The van der Waals surface area contributed by atoms with Gasteiger partial charge in [-0.15, -0.1) is 0 Å². The molecule has 2 aliphatic rings. The number of nitrogens with one attached hydrogen (secondary N) is 2. The summed E-state index contributed by atoms with van der Waals surface area (Å²) in [5, 5.41) is 14.0. The number of amides is 3. The molecule has 3 N–H and O–H groups in total. The van der Waals surface area contributed by atoms with Gasteiger partial charge in [0, 0.05) is 38.0 Å². The van der Waals surface area contributed by atoms with Crippen LogP contribution < -0.4 is 10.6 Å². The molecule has 2 aliphatic carbocycles. The van der Waals surface area contributed by atoms with Crippen molar-refractivity contribution in [3.05, 3.63) is 119 Å². The number of ether oxygens (including phenoxy) is 2. The molecule has 242 valence electrons. The van der Waals surface area contributed by atoms with Crippen molar-refractivity contribution >= 4 is 18.3 Å². The molecule has 47 heavy (non-hydrogen) atoms. The monoisotopic (exact) mass is 633 g/mol. The number of hydrogen-bond donors (Lipinski definition) is 3. The zero-order valence-electron chi connectivity index (χ0n) is 26.2. The van der Waals surface area contributed by atoms with Gasteiger partial charge in [-0.05, 0) is 63.8 Å². The second kappa shape index (κ2) is 14.9. The van der Waals surface area contributed by atoms with E-state index >= 15 is 0 Å². The number of carbonyl (C=O) groups is 3. The van der Waals surface area contributed by atoms with Gasteiger partial charge in [0.25, 0.3) is 0 Å². The number of carbonyl (C=O) groups excluding carboxylic acids is 2. The molecule has 0 saturated carbocycles. The minimum absolute atomic E-state index is 0.0205. The first-order chi connectivity index (χ1) is 23.0. The summed E-state index contributed by atoms with van der Waals surface area (Å²) in [5.74, 6) is -0.0731. The standard InChI is InChI=1S/C38H39N3O6/c42-36(43)39-20-9-10-22-41(38(45)47-25-35-32-18-7-3-14-28(32)29-15-4-8-19-33(29)35)23-11-21-40-37(44)46-24-34-30-16-5-1-12-26(30)27-13-2-6-17-31(27)34/h1-8,12-19,34-35,39H,9-11,20-25H2,(H,40,44)(H,42,43). The molecule has 0 fully saturated rings. The summed E-state index contributed by atoms with van der Waals surface area (Å²) >= 11 is 0. The number of carboxylic acid groups (broad SMARTS) is 1. The Morgan fingerprint density at radius 1 is 0.574 bits per heavy atom. The highest BCUT2D eigenvalue weighted by molar-refractivity contribution is 5.80. The van der Waals surface area contributed by atoms with E-state index in [1.54, 1.807) is 4.90 Å². The molecule has 6 rings (SSSR count). The van der Waals surface area contributed by atoms with Crippen molar-refractivity contribution in [2.24, 2.45) is 0 Å². The second-order valence-corrected chi connectivity index (χ2v) is 11.8. The van der Waals surface area contributed by atoms with Gasteiger partial charge in [-0.25, -0.2) is 14.4 Å². The van der Waals surface area contributed by atoms with Gasteiger partial charge in [0.05, 0.1) is 0 Å². The highest BCUT2D eigenvalue weighted by Gasteiger charge is 2.30. The van der Waals surface area contributed by atoms with Gasteiger partial charge in [0.2, 0.25) is 0 Å². The van der Waals surface area contributed by atoms with E-state index in [1.165, 1.54) is 11.1 Å². The Bertz CT molecular complexity index is 1650. The quantitative estimate of drug-likeness (QED) is 0.134. The zero-order valence-corrected chi connectivity index (χ0v) is 26.2. The first kappa shape index (κ1) is 31.7. The van der Waals surface area contributed by atoms with E-state index in [9.17, 15) is 14.4 Å². The lowest BCUT2D eigenvalue weighted by molar-refractivity contribution is 0.0983. The largest absolute Gasteiger partial charge is 0.465 e. The van der Waals surface area contributed by atoms with E-state index in [0.29, 0.717) is 45.4 Å². The molecule has 4 aromatic rings. The Morgan fingerprint density at radius 2 is 1.00 bits per heavy atom. The van der Waals surface area contributed by atoms with Gasteiger partial charge in [-0.1, -0.05) is 97.1 Å². The number of nitrogens with zero attached hydrogens (tertiary/aromatic N) is 1. The lowest BCUT2D eigenvalue weighted by atomic mass is 9.98. The van der Waals surface area contributed by atoms with Gasteiger partial charge in [0.15, 0.2) is 0 Å². The number of benzene rings is 4.